The Hall–Kier alpha value is -1.23. The van der Waals surface area contributed by atoms with E-state index in [1.54, 1.807) is 7.05 Å². The molecule has 2 N–H and O–H groups in total. The topological polar surface area (TPSA) is 42.9 Å². The summed E-state index contributed by atoms with van der Waals surface area (Å²) in [4.78, 5) is 8.01. The van der Waals surface area contributed by atoms with Gasteiger partial charge in [0.05, 0.1) is 6.54 Å². The molecule has 0 bridgehead atoms. The summed E-state index contributed by atoms with van der Waals surface area (Å²) in [6.07, 6.45) is -2.37. The molecule has 1 aliphatic heterocycles. The van der Waals surface area contributed by atoms with Crippen molar-refractivity contribution in [3.63, 3.8) is 0 Å². The smallest absolute Gasteiger partial charge is 0.372 e. The summed E-state index contributed by atoms with van der Waals surface area (Å²) in [6, 6.07) is 10.3. The zero-order valence-corrected chi connectivity index (χ0v) is 19.5. The largest absolute Gasteiger partial charge is 0.401 e. The van der Waals surface area contributed by atoms with E-state index in [1.165, 1.54) is 10.6 Å². The van der Waals surface area contributed by atoms with Gasteiger partial charge in [-0.1, -0.05) is 18.2 Å². The standard InChI is InChI=1S/C20H32F3N5.HI/c1-3-28(18-8-5-4-6-9-18)12-7-11-25-19(24-2)26-14-17-10-13-27(15-17)16-20(21,22)23;/h4-6,8-9,17H,3,7,10-16H2,1-2H3,(H2,24,25,26);1H. The minimum absolute atomic E-state index is 0. The van der Waals surface area contributed by atoms with Crippen LogP contribution in [0, 0.1) is 5.92 Å². The highest BCUT2D eigenvalue weighted by atomic mass is 127. The first-order valence-electron chi connectivity index (χ1n) is 9.95. The maximum absolute atomic E-state index is 12.5. The van der Waals surface area contributed by atoms with Gasteiger partial charge in [-0.25, -0.2) is 0 Å². The van der Waals surface area contributed by atoms with Crippen molar-refractivity contribution >= 4 is 35.6 Å². The van der Waals surface area contributed by atoms with Gasteiger partial charge >= 0.3 is 6.18 Å². The number of halogens is 4. The molecule has 1 heterocycles. The van der Waals surface area contributed by atoms with Crippen LogP contribution >= 0.6 is 24.0 Å². The second kappa shape index (κ2) is 13.1. The fraction of sp³-hybridized carbons (Fsp3) is 0.650. The predicted molar refractivity (Wildman–Crippen MR) is 124 cm³/mol. The molecular weight excluding hydrogens is 494 g/mol. The number of para-hydroxylation sites is 1. The van der Waals surface area contributed by atoms with Crippen LogP contribution < -0.4 is 15.5 Å². The highest BCUT2D eigenvalue weighted by molar-refractivity contribution is 14.0. The van der Waals surface area contributed by atoms with Crippen molar-refractivity contribution in [2.24, 2.45) is 10.9 Å². The fourth-order valence-electron chi connectivity index (χ4n) is 3.52. The van der Waals surface area contributed by atoms with E-state index in [0.29, 0.717) is 25.6 Å². The Bertz CT molecular complexity index is 598. The van der Waals surface area contributed by atoms with E-state index in [4.69, 9.17) is 0 Å². The third-order valence-electron chi connectivity index (χ3n) is 4.95. The van der Waals surface area contributed by atoms with Gasteiger partial charge < -0.3 is 15.5 Å². The van der Waals surface area contributed by atoms with Gasteiger partial charge in [0.1, 0.15) is 0 Å². The molecule has 0 amide bonds. The van der Waals surface area contributed by atoms with Crippen molar-refractivity contribution in [1.82, 2.24) is 15.5 Å². The zero-order chi connectivity index (χ0) is 20.4. The van der Waals surface area contributed by atoms with Crippen LogP contribution in [0.2, 0.25) is 0 Å². The van der Waals surface area contributed by atoms with E-state index in [2.05, 4.69) is 39.6 Å². The van der Waals surface area contributed by atoms with E-state index in [1.807, 2.05) is 18.2 Å². The van der Waals surface area contributed by atoms with Gasteiger partial charge in [-0.05, 0) is 44.4 Å². The number of guanidine groups is 1. The van der Waals surface area contributed by atoms with E-state index >= 15 is 0 Å². The quantitative estimate of drug-likeness (QED) is 0.223. The van der Waals surface area contributed by atoms with Crippen LogP contribution in [0.15, 0.2) is 35.3 Å². The summed E-state index contributed by atoms with van der Waals surface area (Å²) in [5, 5.41) is 6.54. The Labute approximate surface area is 189 Å². The van der Waals surface area contributed by atoms with Crippen molar-refractivity contribution in [3.05, 3.63) is 30.3 Å². The Balaban J connectivity index is 0.00000420. The molecule has 1 aromatic rings. The number of likely N-dealkylation sites (tertiary alicyclic amines) is 1. The van der Waals surface area contributed by atoms with Gasteiger partial charge in [0.25, 0.3) is 0 Å². The molecule has 166 valence electrons. The predicted octanol–water partition coefficient (Wildman–Crippen LogP) is 3.57. The molecule has 1 atom stereocenters. The fourth-order valence-corrected chi connectivity index (χ4v) is 3.52. The second-order valence-corrected chi connectivity index (χ2v) is 7.15. The van der Waals surface area contributed by atoms with Crippen molar-refractivity contribution in [2.45, 2.75) is 25.9 Å². The van der Waals surface area contributed by atoms with E-state index in [-0.39, 0.29) is 29.9 Å². The molecular formula is C20H33F3IN5. The average molecular weight is 527 g/mol. The van der Waals surface area contributed by atoms with Gasteiger partial charge in [-0.2, -0.15) is 13.2 Å². The Morgan fingerprint density at radius 1 is 1.24 bits per heavy atom. The number of nitrogens with one attached hydrogen (secondary N) is 2. The highest BCUT2D eigenvalue weighted by Crippen LogP contribution is 2.22. The average Bonchev–Trinajstić information content (AvgIpc) is 3.10. The van der Waals surface area contributed by atoms with Crippen LogP contribution in [0.4, 0.5) is 18.9 Å². The van der Waals surface area contributed by atoms with Crippen molar-refractivity contribution in [3.8, 4) is 0 Å². The van der Waals surface area contributed by atoms with Crippen LogP contribution in [0.5, 0.6) is 0 Å². The monoisotopic (exact) mass is 527 g/mol. The van der Waals surface area contributed by atoms with Gasteiger partial charge in [0.15, 0.2) is 5.96 Å². The molecule has 0 spiro atoms. The van der Waals surface area contributed by atoms with Gasteiger partial charge in [0, 0.05) is 45.5 Å². The molecule has 0 aromatic heterocycles. The number of hydrogen-bond acceptors (Lipinski definition) is 3. The number of alkyl halides is 3. The Kier molecular flexibility index (Phi) is 11.7. The summed E-state index contributed by atoms with van der Waals surface area (Å²) in [7, 11) is 1.71. The molecule has 0 radical (unpaired) electrons. The molecule has 9 heteroatoms. The van der Waals surface area contributed by atoms with E-state index < -0.39 is 12.7 Å². The minimum atomic E-state index is -4.12. The molecule has 1 saturated heterocycles. The molecule has 5 nitrogen and oxygen atoms in total. The van der Waals surface area contributed by atoms with Crippen LogP contribution in [0.3, 0.4) is 0 Å². The van der Waals surface area contributed by atoms with Gasteiger partial charge in [-0.15, -0.1) is 24.0 Å². The molecule has 0 saturated carbocycles. The maximum Gasteiger partial charge on any atom is 0.401 e. The number of benzene rings is 1. The lowest BCUT2D eigenvalue weighted by Crippen LogP contribution is -2.41. The number of hydrogen-bond donors (Lipinski definition) is 2. The lowest BCUT2D eigenvalue weighted by atomic mass is 10.1. The number of anilines is 1. The summed E-state index contributed by atoms with van der Waals surface area (Å²) in [5.41, 5.74) is 1.22. The zero-order valence-electron chi connectivity index (χ0n) is 17.2. The molecule has 1 aliphatic rings. The number of aliphatic imine (C=N–C) groups is 1. The lowest BCUT2D eigenvalue weighted by molar-refractivity contribution is -0.143. The van der Waals surface area contributed by atoms with Crippen LogP contribution in [-0.2, 0) is 0 Å². The first-order chi connectivity index (χ1) is 13.4. The molecule has 1 aromatic carbocycles. The lowest BCUT2D eigenvalue weighted by Gasteiger charge is -2.23. The highest BCUT2D eigenvalue weighted by Gasteiger charge is 2.34. The normalized spacial score (nSPS) is 17.7. The van der Waals surface area contributed by atoms with Crippen molar-refractivity contribution < 1.29 is 13.2 Å². The third-order valence-corrected chi connectivity index (χ3v) is 4.95. The maximum atomic E-state index is 12.5. The Morgan fingerprint density at radius 2 is 1.97 bits per heavy atom. The second-order valence-electron chi connectivity index (χ2n) is 7.15. The van der Waals surface area contributed by atoms with E-state index in [9.17, 15) is 13.2 Å². The van der Waals surface area contributed by atoms with Gasteiger partial charge in [-0.3, -0.25) is 9.89 Å². The van der Waals surface area contributed by atoms with Crippen molar-refractivity contribution in [2.75, 3.05) is 57.8 Å². The van der Waals surface area contributed by atoms with Crippen molar-refractivity contribution in [1.29, 1.82) is 0 Å². The first-order valence-corrected chi connectivity index (χ1v) is 9.95. The molecule has 1 unspecified atom stereocenters. The van der Waals surface area contributed by atoms with Crippen LogP contribution in [0.1, 0.15) is 19.8 Å². The number of rotatable bonds is 9. The van der Waals surface area contributed by atoms with E-state index in [0.717, 1.165) is 32.5 Å². The van der Waals surface area contributed by atoms with Gasteiger partial charge in [0.2, 0.25) is 0 Å². The summed E-state index contributed by atoms with van der Waals surface area (Å²) < 4.78 is 37.4. The first kappa shape index (κ1) is 25.8. The summed E-state index contributed by atoms with van der Waals surface area (Å²) in [6.45, 7) is 5.63. The molecule has 2 rings (SSSR count). The summed E-state index contributed by atoms with van der Waals surface area (Å²) in [5.74, 6) is 0.923. The van der Waals surface area contributed by atoms with Crippen LogP contribution in [-0.4, -0.2) is 69.9 Å². The minimum Gasteiger partial charge on any atom is -0.372 e. The summed E-state index contributed by atoms with van der Waals surface area (Å²) >= 11 is 0. The number of nitrogens with zero attached hydrogens (tertiary/aromatic N) is 3. The van der Waals surface area contributed by atoms with Crippen LogP contribution in [0.25, 0.3) is 0 Å². The third kappa shape index (κ3) is 9.88. The molecule has 0 aliphatic carbocycles. The molecule has 29 heavy (non-hydrogen) atoms. The Morgan fingerprint density at radius 3 is 2.59 bits per heavy atom. The SMILES string of the molecule is CCN(CCCNC(=NC)NCC1CCN(CC(F)(F)F)C1)c1ccccc1.I. The molecule has 1 fully saturated rings.